The number of methoxy groups -OCH3 is 2. The molecule has 3 rings (SSSR count). The number of aromatic nitrogens is 1. The summed E-state index contributed by atoms with van der Waals surface area (Å²) in [6, 6.07) is 3.16. The maximum atomic E-state index is 13.2. The Morgan fingerprint density at radius 1 is 1.16 bits per heavy atom. The van der Waals surface area contributed by atoms with Gasteiger partial charge in [0.15, 0.2) is 11.5 Å². The van der Waals surface area contributed by atoms with Crippen molar-refractivity contribution < 1.29 is 23.8 Å². The van der Waals surface area contributed by atoms with Crippen molar-refractivity contribution in [2.24, 2.45) is 11.8 Å². The number of nitrogens with one attached hydrogen (secondary N) is 2. The topological polar surface area (TPSA) is 92.9 Å². The van der Waals surface area contributed by atoms with Gasteiger partial charge in [0.05, 0.1) is 38.1 Å². The first-order valence-corrected chi connectivity index (χ1v) is 10.8. The van der Waals surface area contributed by atoms with Crippen LogP contribution in [0.1, 0.15) is 44.6 Å². The second kappa shape index (κ2) is 9.60. The van der Waals surface area contributed by atoms with Gasteiger partial charge in [-0.3, -0.25) is 9.69 Å². The van der Waals surface area contributed by atoms with E-state index in [1.807, 2.05) is 6.92 Å². The van der Waals surface area contributed by atoms with E-state index in [-0.39, 0.29) is 24.2 Å². The molecule has 0 radical (unpaired) electrons. The van der Waals surface area contributed by atoms with E-state index in [0.29, 0.717) is 39.9 Å². The molecule has 0 aliphatic carbocycles. The molecule has 1 saturated heterocycles. The monoisotopic (exact) mass is 431 g/mol. The summed E-state index contributed by atoms with van der Waals surface area (Å²) < 4.78 is 16.0. The number of anilines is 1. The number of ether oxygens (including phenoxy) is 3. The minimum Gasteiger partial charge on any atom is -0.493 e. The molecule has 2 aromatic rings. The SMILES string of the molecule is CCOC(=O)c1[nH]c2cc(OC)c(OC)cc2c1NC(=O)[C@H](C)N1C[C@H](C)C[C@H](C)C1. The van der Waals surface area contributed by atoms with Crippen LogP contribution < -0.4 is 14.8 Å². The van der Waals surface area contributed by atoms with E-state index in [4.69, 9.17) is 14.2 Å². The third-order valence-corrected chi connectivity index (χ3v) is 5.85. The van der Waals surface area contributed by atoms with Crippen molar-refractivity contribution in [3.8, 4) is 11.5 Å². The minimum absolute atomic E-state index is 0.164. The molecule has 1 amide bonds. The summed E-state index contributed by atoms with van der Waals surface area (Å²) in [6.07, 6.45) is 1.17. The van der Waals surface area contributed by atoms with Gasteiger partial charge in [0, 0.05) is 24.5 Å². The third kappa shape index (κ3) is 4.79. The fourth-order valence-corrected chi connectivity index (χ4v) is 4.43. The van der Waals surface area contributed by atoms with Crippen LogP contribution in [-0.4, -0.2) is 61.7 Å². The van der Waals surface area contributed by atoms with Crippen LogP contribution in [0.15, 0.2) is 12.1 Å². The Hall–Kier alpha value is -2.74. The molecular weight excluding hydrogens is 398 g/mol. The van der Waals surface area contributed by atoms with Gasteiger partial charge in [0.25, 0.3) is 0 Å². The number of aromatic amines is 1. The lowest BCUT2D eigenvalue weighted by atomic mass is 9.91. The van der Waals surface area contributed by atoms with Gasteiger partial charge < -0.3 is 24.5 Å². The first-order chi connectivity index (χ1) is 14.8. The molecule has 8 nitrogen and oxygen atoms in total. The second-order valence-corrected chi connectivity index (χ2v) is 8.41. The molecule has 0 bridgehead atoms. The lowest BCUT2D eigenvalue weighted by Crippen LogP contribution is -2.48. The van der Waals surface area contributed by atoms with E-state index >= 15 is 0 Å². The lowest BCUT2D eigenvalue weighted by Gasteiger charge is -2.38. The quantitative estimate of drug-likeness (QED) is 0.650. The largest absolute Gasteiger partial charge is 0.493 e. The zero-order valence-electron chi connectivity index (χ0n) is 19.2. The van der Waals surface area contributed by atoms with Crippen molar-refractivity contribution in [3.63, 3.8) is 0 Å². The number of likely N-dealkylation sites (tertiary alicyclic amines) is 1. The Bertz CT molecular complexity index is 944. The van der Waals surface area contributed by atoms with Crippen molar-refractivity contribution >= 4 is 28.5 Å². The molecule has 0 unspecified atom stereocenters. The molecular formula is C23H33N3O5. The van der Waals surface area contributed by atoms with E-state index in [1.54, 1.807) is 33.3 Å². The number of hydrogen-bond donors (Lipinski definition) is 2. The van der Waals surface area contributed by atoms with Gasteiger partial charge in [-0.2, -0.15) is 0 Å². The number of rotatable bonds is 7. The highest BCUT2D eigenvalue weighted by molar-refractivity contribution is 6.12. The molecule has 0 spiro atoms. The Balaban J connectivity index is 1.97. The molecule has 0 saturated carbocycles. The van der Waals surface area contributed by atoms with Gasteiger partial charge in [-0.05, 0) is 38.2 Å². The fraction of sp³-hybridized carbons (Fsp3) is 0.565. The Kier molecular flexibility index (Phi) is 7.10. The summed E-state index contributed by atoms with van der Waals surface area (Å²) in [5, 5.41) is 3.63. The lowest BCUT2D eigenvalue weighted by molar-refractivity contribution is -0.121. The summed E-state index contributed by atoms with van der Waals surface area (Å²) in [7, 11) is 3.09. The highest BCUT2D eigenvalue weighted by Crippen LogP contribution is 2.37. The van der Waals surface area contributed by atoms with Gasteiger partial charge in [0.1, 0.15) is 5.69 Å². The maximum Gasteiger partial charge on any atom is 0.356 e. The van der Waals surface area contributed by atoms with Gasteiger partial charge in [-0.1, -0.05) is 13.8 Å². The predicted molar refractivity (Wildman–Crippen MR) is 120 cm³/mol. The van der Waals surface area contributed by atoms with Crippen LogP contribution in [0.3, 0.4) is 0 Å². The number of hydrogen-bond acceptors (Lipinski definition) is 6. The number of benzene rings is 1. The maximum absolute atomic E-state index is 13.2. The van der Waals surface area contributed by atoms with E-state index < -0.39 is 5.97 Å². The number of nitrogens with zero attached hydrogens (tertiary/aromatic N) is 1. The third-order valence-electron chi connectivity index (χ3n) is 5.85. The number of carbonyl (C=O) groups excluding carboxylic acids is 2. The zero-order valence-corrected chi connectivity index (χ0v) is 19.2. The van der Waals surface area contributed by atoms with E-state index in [9.17, 15) is 9.59 Å². The van der Waals surface area contributed by atoms with E-state index in [0.717, 1.165) is 13.1 Å². The van der Waals surface area contributed by atoms with Crippen molar-refractivity contribution in [2.75, 3.05) is 39.2 Å². The number of carbonyl (C=O) groups is 2. The molecule has 1 aromatic carbocycles. The summed E-state index contributed by atoms with van der Waals surface area (Å²) >= 11 is 0. The normalized spacial score (nSPS) is 20.3. The van der Waals surface area contributed by atoms with Crippen LogP contribution in [0.25, 0.3) is 10.9 Å². The number of esters is 1. The van der Waals surface area contributed by atoms with E-state index in [2.05, 4.69) is 29.0 Å². The van der Waals surface area contributed by atoms with Crippen LogP contribution in [0.2, 0.25) is 0 Å². The van der Waals surface area contributed by atoms with Crippen LogP contribution in [-0.2, 0) is 9.53 Å². The molecule has 31 heavy (non-hydrogen) atoms. The average molecular weight is 432 g/mol. The second-order valence-electron chi connectivity index (χ2n) is 8.41. The van der Waals surface area contributed by atoms with Crippen LogP contribution in [0.5, 0.6) is 11.5 Å². The molecule has 1 fully saturated rings. The standard InChI is InChI=1S/C23H33N3O5/c1-7-31-23(28)21-20(16-9-18(29-5)19(30-6)10-17(16)24-21)25-22(27)15(4)26-11-13(2)8-14(3)12-26/h9-10,13-15,24H,7-8,11-12H2,1-6H3,(H,25,27)/t13-,14+,15-/m0/s1. The number of piperidine rings is 1. The average Bonchev–Trinajstić information content (AvgIpc) is 3.08. The molecule has 2 N–H and O–H groups in total. The summed E-state index contributed by atoms with van der Waals surface area (Å²) in [4.78, 5) is 31.1. The fourth-order valence-electron chi connectivity index (χ4n) is 4.43. The highest BCUT2D eigenvalue weighted by atomic mass is 16.5. The van der Waals surface area contributed by atoms with Crippen LogP contribution >= 0.6 is 0 Å². The summed E-state index contributed by atoms with van der Waals surface area (Å²) in [5.74, 6) is 1.42. The Labute approximate surface area is 183 Å². The molecule has 3 atom stereocenters. The smallest absolute Gasteiger partial charge is 0.356 e. The van der Waals surface area contributed by atoms with Crippen molar-refractivity contribution in [1.82, 2.24) is 9.88 Å². The Morgan fingerprint density at radius 2 is 1.77 bits per heavy atom. The van der Waals surface area contributed by atoms with Gasteiger partial charge >= 0.3 is 5.97 Å². The minimum atomic E-state index is -0.528. The molecule has 170 valence electrons. The Morgan fingerprint density at radius 3 is 2.35 bits per heavy atom. The van der Waals surface area contributed by atoms with Crippen molar-refractivity contribution in [2.45, 2.75) is 40.2 Å². The summed E-state index contributed by atoms with van der Waals surface area (Å²) in [6.45, 7) is 10.1. The molecule has 2 heterocycles. The zero-order chi connectivity index (χ0) is 22.7. The van der Waals surface area contributed by atoms with Gasteiger partial charge in [0.2, 0.25) is 5.91 Å². The first kappa shape index (κ1) is 22.9. The molecule has 8 heteroatoms. The van der Waals surface area contributed by atoms with Crippen LogP contribution in [0.4, 0.5) is 5.69 Å². The number of fused-ring (bicyclic) bond motifs is 1. The molecule has 1 aliphatic rings. The number of amides is 1. The predicted octanol–water partition coefficient (Wildman–Crippen LogP) is 3.67. The van der Waals surface area contributed by atoms with Gasteiger partial charge in [-0.25, -0.2) is 4.79 Å². The molecule has 1 aliphatic heterocycles. The van der Waals surface area contributed by atoms with Gasteiger partial charge in [-0.15, -0.1) is 0 Å². The highest BCUT2D eigenvalue weighted by Gasteiger charge is 2.30. The van der Waals surface area contributed by atoms with Crippen molar-refractivity contribution in [3.05, 3.63) is 17.8 Å². The van der Waals surface area contributed by atoms with E-state index in [1.165, 1.54) is 6.42 Å². The first-order valence-electron chi connectivity index (χ1n) is 10.8. The summed E-state index contributed by atoms with van der Waals surface area (Å²) in [5.41, 5.74) is 1.24. The molecule has 1 aromatic heterocycles. The number of H-pyrrole nitrogens is 1. The van der Waals surface area contributed by atoms with Crippen LogP contribution in [0, 0.1) is 11.8 Å². The van der Waals surface area contributed by atoms with Crippen molar-refractivity contribution in [1.29, 1.82) is 0 Å².